The van der Waals surface area contributed by atoms with Gasteiger partial charge in [-0.25, -0.2) is 0 Å². The third-order valence-electron chi connectivity index (χ3n) is 1.95. The van der Waals surface area contributed by atoms with Gasteiger partial charge >= 0.3 is 0 Å². The van der Waals surface area contributed by atoms with E-state index in [0.29, 0.717) is 5.02 Å². The lowest BCUT2D eigenvalue weighted by Gasteiger charge is -2.13. The van der Waals surface area contributed by atoms with Crippen LogP contribution in [-0.2, 0) is 0 Å². The van der Waals surface area contributed by atoms with E-state index in [4.69, 9.17) is 22.1 Å². The SMILES string of the molecule is COc1ccc(C(N)CSC)c(Cl)c1. The highest BCUT2D eigenvalue weighted by molar-refractivity contribution is 7.98. The highest BCUT2D eigenvalue weighted by Crippen LogP contribution is 2.27. The maximum atomic E-state index is 6.07. The lowest BCUT2D eigenvalue weighted by Crippen LogP contribution is -2.13. The highest BCUT2D eigenvalue weighted by Gasteiger charge is 2.09. The Morgan fingerprint density at radius 2 is 2.29 bits per heavy atom. The van der Waals surface area contributed by atoms with Crippen LogP contribution in [0.2, 0.25) is 5.02 Å². The number of hydrogen-bond donors (Lipinski definition) is 1. The summed E-state index contributed by atoms with van der Waals surface area (Å²) in [4.78, 5) is 0. The molecule has 0 aliphatic rings. The van der Waals surface area contributed by atoms with Gasteiger partial charge in [-0.05, 0) is 24.0 Å². The molecular weight excluding hydrogens is 218 g/mol. The number of methoxy groups -OCH3 is 1. The summed E-state index contributed by atoms with van der Waals surface area (Å²) in [6, 6.07) is 5.57. The van der Waals surface area contributed by atoms with Gasteiger partial charge in [-0.15, -0.1) is 0 Å². The van der Waals surface area contributed by atoms with Crippen LogP contribution in [0, 0.1) is 0 Å². The van der Waals surface area contributed by atoms with Crippen LogP contribution in [0.5, 0.6) is 5.75 Å². The molecule has 0 aliphatic heterocycles. The molecule has 1 aromatic rings. The summed E-state index contributed by atoms with van der Waals surface area (Å²) in [7, 11) is 1.62. The van der Waals surface area contributed by atoms with Crippen LogP contribution >= 0.6 is 23.4 Å². The fourth-order valence-electron chi connectivity index (χ4n) is 1.20. The molecule has 14 heavy (non-hydrogen) atoms. The van der Waals surface area contributed by atoms with Crippen molar-refractivity contribution in [3.63, 3.8) is 0 Å². The van der Waals surface area contributed by atoms with Gasteiger partial charge in [0.2, 0.25) is 0 Å². The number of thioether (sulfide) groups is 1. The predicted octanol–water partition coefficient (Wildman–Crippen LogP) is 2.71. The molecule has 1 rings (SSSR count). The predicted molar refractivity (Wildman–Crippen MR) is 63.3 cm³/mol. The summed E-state index contributed by atoms with van der Waals surface area (Å²) in [6.07, 6.45) is 2.03. The first-order chi connectivity index (χ1) is 6.69. The van der Waals surface area contributed by atoms with Gasteiger partial charge in [-0.2, -0.15) is 11.8 Å². The minimum Gasteiger partial charge on any atom is -0.497 e. The van der Waals surface area contributed by atoms with E-state index in [0.717, 1.165) is 17.1 Å². The molecule has 0 heterocycles. The van der Waals surface area contributed by atoms with Crippen molar-refractivity contribution in [1.82, 2.24) is 0 Å². The van der Waals surface area contributed by atoms with Gasteiger partial charge in [0, 0.05) is 16.8 Å². The molecule has 0 bridgehead atoms. The molecule has 1 unspecified atom stereocenters. The zero-order valence-electron chi connectivity index (χ0n) is 8.29. The van der Waals surface area contributed by atoms with Crippen molar-refractivity contribution < 1.29 is 4.74 Å². The first-order valence-electron chi connectivity index (χ1n) is 4.27. The fraction of sp³-hybridized carbons (Fsp3) is 0.400. The first-order valence-corrected chi connectivity index (χ1v) is 6.04. The van der Waals surface area contributed by atoms with E-state index in [9.17, 15) is 0 Å². The number of hydrogen-bond acceptors (Lipinski definition) is 3. The molecule has 0 aromatic heterocycles. The van der Waals surface area contributed by atoms with Crippen molar-refractivity contribution in [2.45, 2.75) is 6.04 Å². The molecule has 0 radical (unpaired) electrons. The second-order valence-electron chi connectivity index (χ2n) is 2.95. The summed E-state index contributed by atoms with van der Waals surface area (Å²) in [5.41, 5.74) is 6.93. The Labute approximate surface area is 93.8 Å². The van der Waals surface area contributed by atoms with Crippen molar-refractivity contribution >= 4 is 23.4 Å². The maximum Gasteiger partial charge on any atom is 0.120 e. The van der Waals surface area contributed by atoms with E-state index in [1.807, 2.05) is 18.4 Å². The topological polar surface area (TPSA) is 35.2 Å². The van der Waals surface area contributed by atoms with E-state index >= 15 is 0 Å². The van der Waals surface area contributed by atoms with Gasteiger partial charge in [0.05, 0.1) is 7.11 Å². The van der Waals surface area contributed by atoms with Crippen LogP contribution < -0.4 is 10.5 Å². The summed E-state index contributed by atoms with van der Waals surface area (Å²) in [6.45, 7) is 0. The average Bonchev–Trinajstić information content (AvgIpc) is 2.17. The summed E-state index contributed by atoms with van der Waals surface area (Å²) in [5.74, 6) is 1.63. The van der Waals surface area contributed by atoms with E-state index in [1.54, 1.807) is 24.9 Å². The number of rotatable bonds is 4. The normalized spacial score (nSPS) is 12.6. The molecule has 1 atom stereocenters. The Balaban J connectivity index is 2.88. The molecular formula is C10H14ClNOS. The van der Waals surface area contributed by atoms with E-state index < -0.39 is 0 Å². The third-order valence-corrected chi connectivity index (χ3v) is 2.97. The molecule has 0 aliphatic carbocycles. The summed E-state index contributed by atoms with van der Waals surface area (Å²) >= 11 is 7.78. The van der Waals surface area contributed by atoms with E-state index in [2.05, 4.69) is 0 Å². The quantitative estimate of drug-likeness (QED) is 0.866. The molecule has 2 N–H and O–H groups in total. The average molecular weight is 232 g/mol. The Hall–Kier alpha value is -0.380. The molecule has 1 aromatic carbocycles. The molecule has 0 fully saturated rings. The molecule has 0 saturated carbocycles. The van der Waals surface area contributed by atoms with Gasteiger partial charge < -0.3 is 10.5 Å². The van der Waals surface area contributed by atoms with Crippen LogP contribution in [0.4, 0.5) is 0 Å². The van der Waals surface area contributed by atoms with Crippen molar-refractivity contribution in [2.75, 3.05) is 19.1 Å². The smallest absolute Gasteiger partial charge is 0.120 e. The minimum absolute atomic E-state index is 0.0107. The minimum atomic E-state index is -0.0107. The van der Waals surface area contributed by atoms with Crippen LogP contribution in [0.1, 0.15) is 11.6 Å². The lowest BCUT2D eigenvalue weighted by atomic mass is 10.1. The monoisotopic (exact) mass is 231 g/mol. The van der Waals surface area contributed by atoms with Gasteiger partial charge in [0.25, 0.3) is 0 Å². The zero-order chi connectivity index (χ0) is 10.6. The standard InChI is InChI=1S/C10H14ClNOS/c1-13-7-3-4-8(9(11)5-7)10(12)6-14-2/h3-5,10H,6,12H2,1-2H3. The van der Waals surface area contributed by atoms with Gasteiger partial charge in [0.1, 0.15) is 5.75 Å². The second-order valence-corrected chi connectivity index (χ2v) is 4.27. The van der Waals surface area contributed by atoms with Crippen LogP contribution in [0.25, 0.3) is 0 Å². The van der Waals surface area contributed by atoms with Gasteiger partial charge in [-0.3, -0.25) is 0 Å². The Kier molecular flexibility index (Phi) is 4.58. The molecule has 0 amide bonds. The van der Waals surface area contributed by atoms with Crippen molar-refractivity contribution in [3.8, 4) is 5.75 Å². The highest BCUT2D eigenvalue weighted by atomic mass is 35.5. The number of benzene rings is 1. The molecule has 0 spiro atoms. The molecule has 0 saturated heterocycles. The van der Waals surface area contributed by atoms with Crippen LogP contribution in [0.3, 0.4) is 0 Å². The molecule has 2 nitrogen and oxygen atoms in total. The Bertz CT molecular complexity index is 306. The lowest BCUT2D eigenvalue weighted by molar-refractivity contribution is 0.414. The Morgan fingerprint density at radius 1 is 1.57 bits per heavy atom. The van der Waals surface area contributed by atoms with Gasteiger partial charge in [0.15, 0.2) is 0 Å². The maximum absolute atomic E-state index is 6.07. The second kappa shape index (κ2) is 5.49. The number of nitrogens with two attached hydrogens (primary N) is 1. The van der Waals surface area contributed by atoms with Gasteiger partial charge in [-0.1, -0.05) is 17.7 Å². The zero-order valence-corrected chi connectivity index (χ0v) is 9.86. The van der Waals surface area contributed by atoms with E-state index in [1.165, 1.54) is 0 Å². The largest absolute Gasteiger partial charge is 0.497 e. The fourth-order valence-corrected chi connectivity index (χ4v) is 2.05. The van der Waals surface area contributed by atoms with Crippen molar-refractivity contribution in [2.24, 2.45) is 5.73 Å². The van der Waals surface area contributed by atoms with Crippen molar-refractivity contribution in [1.29, 1.82) is 0 Å². The van der Waals surface area contributed by atoms with Crippen LogP contribution in [-0.4, -0.2) is 19.1 Å². The Morgan fingerprint density at radius 3 is 2.79 bits per heavy atom. The third kappa shape index (κ3) is 2.80. The van der Waals surface area contributed by atoms with E-state index in [-0.39, 0.29) is 6.04 Å². The summed E-state index contributed by atoms with van der Waals surface area (Å²) < 4.78 is 5.06. The molecule has 4 heteroatoms. The van der Waals surface area contributed by atoms with Crippen molar-refractivity contribution in [3.05, 3.63) is 28.8 Å². The molecule has 78 valence electrons. The first kappa shape index (κ1) is 11.7. The number of halogens is 1. The summed E-state index contributed by atoms with van der Waals surface area (Å²) in [5, 5.41) is 0.672. The van der Waals surface area contributed by atoms with Crippen LogP contribution in [0.15, 0.2) is 18.2 Å². The number of ether oxygens (including phenoxy) is 1.